The number of benzene rings is 5. The molecule has 0 aliphatic rings. The fourth-order valence-electron chi connectivity index (χ4n) is 11.5. The van der Waals surface area contributed by atoms with Crippen LogP contribution >= 0.6 is 0 Å². The smallest absolute Gasteiger partial charge is 0.204 e. The largest absolute Gasteiger partial charge is 0.207 e. The van der Waals surface area contributed by atoms with Crippen molar-refractivity contribution in [3.63, 3.8) is 0 Å². The minimum absolute atomic E-state index is 1.18. The van der Waals surface area contributed by atoms with Gasteiger partial charge in [0.05, 0.1) is 0 Å². The number of halogens is 20. The van der Waals surface area contributed by atoms with Crippen LogP contribution < -0.4 is 21.9 Å². The van der Waals surface area contributed by atoms with Crippen molar-refractivity contribution >= 4 is 39.9 Å². The first-order valence-corrected chi connectivity index (χ1v) is 31.4. The fourth-order valence-corrected chi connectivity index (χ4v) is 11.5. The molecule has 5 aromatic rings. The van der Waals surface area contributed by atoms with Crippen molar-refractivity contribution in [3.8, 4) is 0 Å². The van der Waals surface area contributed by atoms with Crippen LogP contribution in [0.1, 0.15) is 225 Å². The first-order chi connectivity index (χ1) is 42.5. The number of aryl methyl sites for hydroxylation is 1. The van der Waals surface area contributed by atoms with Gasteiger partial charge in [-0.3, -0.25) is 0 Å². The van der Waals surface area contributed by atoms with E-state index in [0.717, 1.165) is 0 Å². The van der Waals surface area contributed by atoms with Crippen LogP contribution in [0.3, 0.4) is 0 Å². The number of hydrogen-bond donors (Lipinski definition) is 0. The first kappa shape index (κ1) is 75.9. The van der Waals surface area contributed by atoms with E-state index in [-0.39, 0.29) is 0 Å². The van der Waals surface area contributed by atoms with E-state index >= 15 is 35.1 Å². The van der Waals surface area contributed by atoms with Crippen molar-refractivity contribution in [2.45, 2.75) is 226 Å². The Hall–Kier alpha value is -5.57. The van der Waals surface area contributed by atoms with Gasteiger partial charge in [0.25, 0.3) is 0 Å². The van der Waals surface area contributed by atoms with Crippen molar-refractivity contribution in [2.75, 3.05) is 6.54 Å². The minimum atomic E-state index is -7.22. The molecule has 0 fully saturated rings. The molecule has 0 atom stereocenters. The maximum Gasteiger partial charge on any atom is 0.204 e. The maximum absolute atomic E-state index is 15.4. The molecule has 0 aromatic heterocycles. The van der Waals surface area contributed by atoms with E-state index in [9.17, 15) is 52.7 Å². The molecule has 5 rings (SSSR count). The van der Waals surface area contributed by atoms with Gasteiger partial charge in [-0.1, -0.05) is 211 Å². The minimum Gasteiger partial charge on any atom is -0.207 e. The summed E-state index contributed by atoms with van der Waals surface area (Å²) in [6.07, 6.45) is 41.1. The van der Waals surface area contributed by atoms with E-state index < -0.39 is 144 Å². The highest BCUT2D eigenvalue weighted by Crippen LogP contribution is 2.31. The number of unbranched alkanes of at least 4 members (excludes halogenated alkanes) is 30. The van der Waals surface area contributed by atoms with Crippen molar-refractivity contribution in [1.29, 1.82) is 0 Å². The summed E-state index contributed by atoms with van der Waals surface area (Å²) in [5.41, 5.74) is -11.6. The molecule has 0 amide bonds. The molecule has 0 aliphatic carbocycles. The Bertz CT molecular complexity index is 2670. The zero-order valence-electron chi connectivity index (χ0n) is 50.8. The highest BCUT2D eigenvalue weighted by molar-refractivity contribution is 7.20. The lowest BCUT2D eigenvalue weighted by molar-refractivity contribution is -0.437. The van der Waals surface area contributed by atoms with E-state index in [0.29, 0.717) is 0 Å². The van der Waals surface area contributed by atoms with Crippen LogP contribution in [0.5, 0.6) is 0 Å². The lowest BCUT2D eigenvalue weighted by Gasteiger charge is -2.44. The van der Waals surface area contributed by atoms with E-state index in [1.807, 2.05) is 0 Å². The van der Waals surface area contributed by atoms with Crippen LogP contribution in [0.2, 0.25) is 0 Å². The molecule has 0 unspecified atom stereocenters. The molecule has 22 heteroatoms. The Kier molecular flexibility index (Phi) is 32.7. The van der Waals surface area contributed by atoms with Crippen LogP contribution in [0, 0.1) is 123 Å². The van der Waals surface area contributed by atoms with Gasteiger partial charge in [0.15, 0.2) is 69.8 Å². The fraction of sp³-hybridized carbons (Fsp3) is 0.537. The van der Waals surface area contributed by atoms with Gasteiger partial charge < -0.3 is 0 Å². The Balaban J connectivity index is 0.000000381. The van der Waals surface area contributed by atoms with Crippen LogP contribution in [0.25, 0.3) is 0 Å². The second-order valence-corrected chi connectivity index (χ2v) is 23.1. The molecule has 0 heterocycles. The Morgan fingerprint density at radius 1 is 0.258 bits per heavy atom. The van der Waals surface area contributed by atoms with Crippen LogP contribution in [-0.4, -0.2) is 23.5 Å². The third-order valence-electron chi connectivity index (χ3n) is 16.5. The molecular weight excluding hydrogens is 1210 g/mol. The summed E-state index contributed by atoms with van der Waals surface area (Å²) < 4.78 is 297. The third kappa shape index (κ3) is 19.7. The zero-order chi connectivity index (χ0) is 66.0. The molecule has 496 valence electrons. The molecule has 0 radical (unpaired) electrons. The molecule has 0 N–H and O–H groups in total. The molecule has 0 bridgehead atoms. The second-order valence-electron chi connectivity index (χ2n) is 23.1. The van der Waals surface area contributed by atoms with Gasteiger partial charge in [-0.15, -0.1) is 21.9 Å². The van der Waals surface area contributed by atoms with Crippen molar-refractivity contribution in [1.82, 2.24) is 0 Å². The summed E-state index contributed by atoms with van der Waals surface area (Å²) in [7, 11) is 0. The van der Waals surface area contributed by atoms with Gasteiger partial charge in [-0.05, 0) is 19.8 Å². The highest BCUT2D eigenvalue weighted by atomic mass is 19.2. The molecule has 5 aromatic carbocycles. The number of rotatable bonds is 38. The zero-order valence-corrected chi connectivity index (χ0v) is 50.8. The summed E-state index contributed by atoms with van der Waals surface area (Å²) in [5.74, 6) is -71.4. The topological polar surface area (TPSA) is 3.01 Å². The average molecular weight is 1290 g/mol. The second kappa shape index (κ2) is 38.3. The van der Waals surface area contributed by atoms with Crippen molar-refractivity contribution < 1.29 is 92.4 Å². The molecule has 0 saturated heterocycles. The van der Waals surface area contributed by atoms with E-state index in [1.54, 1.807) is 0 Å². The number of nitrogens with zero attached hydrogens (tertiary/aromatic N) is 1. The lowest BCUT2D eigenvalue weighted by atomic mass is 9.12. The summed E-state index contributed by atoms with van der Waals surface area (Å²) in [5, 5.41) is 0. The van der Waals surface area contributed by atoms with Crippen LogP contribution in [0.4, 0.5) is 93.5 Å². The summed E-state index contributed by atoms with van der Waals surface area (Å²) in [6, 6.07) is 9.20. The van der Waals surface area contributed by atoms with Gasteiger partial charge >= 0.3 is 0 Å². The number of hydrogen-bond acceptors (Lipinski definition) is 0. The Labute approximate surface area is 509 Å². The third-order valence-corrected chi connectivity index (χ3v) is 16.5. The van der Waals surface area contributed by atoms with Gasteiger partial charge in [-0.25, -0.2) is 92.4 Å². The van der Waals surface area contributed by atoms with Crippen molar-refractivity contribution in [3.05, 3.63) is 146 Å². The standard InChI is InChI=1S/C43H80N.C24BF20/c1-4-6-8-10-12-14-16-18-20-22-24-26-28-30-32-34-40-44(43-38-36-42(3)37-39-43)41-35-33-31-29-27-25-23-21-19-17-15-13-11-9-7-5-2;26-5-1(6(27)14(35)21(42)13(5)34)25(2-7(28)15(36)22(43)16(37)8(2)29,3-9(30)17(38)23(44)18(39)10(3)31)4-11(32)19(40)24(45)20(41)12(4)33/h36-40H,4-35,41H2,1-3H3;/q+1;-1. The normalized spacial score (nSPS) is 12.0. The molecule has 0 aliphatic heterocycles. The predicted octanol–water partition coefficient (Wildman–Crippen LogP) is 21.1. The SMILES string of the molecule is CCCCCCCCCCCCCCCCCC=[N+](CCCCCCCCCCCCCCCCCC)c1ccc(C)cc1.Fc1c(F)c(F)c([B-](c2c(F)c(F)c(F)c(F)c2F)(c2c(F)c(F)c(F)c(F)c2F)c2c(F)c(F)c(F)c(F)c2F)c(F)c1F. The van der Waals surface area contributed by atoms with Gasteiger partial charge in [0.1, 0.15) is 65.4 Å². The molecule has 0 spiro atoms. The summed E-state index contributed by atoms with van der Waals surface area (Å²) in [4.78, 5) is 0. The van der Waals surface area contributed by atoms with E-state index in [1.165, 1.54) is 223 Å². The Morgan fingerprint density at radius 3 is 0.674 bits per heavy atom. The van der Waals surface area contributed by atoms with Gasteiger partial charge in [0.2, 0.25) is 5.69 Å². The summed E-state index contributed by atoms with van der Waals surface area (Å²) in [6.45, 7) is 7.99. The van der Waals surface area contributed by atoms with Gasteiger partial charge in [-0.2, -0.15) is 0 Å². The van der Waals surface area contributed by atoms with Gasteiger partial charge in [0, 0.05) is 25.0 Å². The first-order valence-electron chi connectivity index (χ1n) is 31.4. The molecule has 89 heavy (non-hydrogen) atoms. The van der Waals surface area contributed by atoms with E-state index in [2.05, 4.69) is 55.8 Å². The average Bonchev–Trinajstić information content (AvgIpc) is 0.865. The predicted molar refractivity (Wildman–Crippen MR) is 310 cm³/mol. The molecule has 0 saturated carbocycles. The maximum atomic E-state index is 15.4. The Morgan fingerprint density at radius 2 is 0.449 bits per heavy atom. The monoisotopic (exact) mass is 1290 g/mol. The molecular formula is C67H80BF20N. The van der Waals surface area contributed by atoms with Crippen LogP contribution in [0.15, 0.2) is 24.3 Å². The van der Waals surface area contributed by atoms with Crippen LogP contribution in [-0.2, 0) is 0 Å². The molecule has 1 nitrogen and oxygen atoms in total. The lowest BCUT2D eigenvalue weighted by Crippen LogP contribution is -2.81. The van der Waals surface area contributed by atoms with Crippen molar-refractivity contribution in [2.24, 2.45) is 0 Å². The quantitative estimate of drug-likeness (QED) is 0.00705. The highest BCUT2D eigenvalue weighted by Gasteiger charge is 2.52. The van der Waals surface area contributed by atoms with E-state index in [4.69, 9.17) is 0 Å². The summed E-state index contributed by atoms with van der Waals surface area (Å²) >= 11 is 0.